The van der Waals surface area contributed by atoms with Gasteiger partial charge in [-0.15, -0.1) is 0 Å². The Hall–Kier alpha value is -2.72. The summed E-state index contributed by atoms with van der Waals surface area (Å²) in [5.74, 6) is 0. The van der Waals surface area contributed by atoms with Crippen LogP contribution < -0.4 is 0 Å². The zero-order valence-corrected chi connectivity index (χ0v) is 41.6. The largest absolute Gasteiger partial charge is 0.553 e. The van der Waals surface area contributed by atoms with Crippen LogP contribution in [-0.4, -0.2) is 196 Å². The predicted molar refractivity (Wildman–Crippen MR) is 165 cm³/mol. The van der Waals surface area contributed by atoms with Gasteiger partial charge in [0.2, 0.25) is 0 Å². The molecule has 0 radical (unpaired) electrons. The zero-order chi connectivity index (χ0) is 36.0. The third-order valence-electron chi connectivity index (χ3n) is 4.77. The molecule has 0 rings (SSSR count). The maximum absolute atomic E-state index is 9.26. The summed E-state index contributed by atoms with van der Waals surface area (Å²) >= 11 is 0. The fourth-order valence-electron chi connectivity index (χ4n) is 2.78. The molecule has 0 aliphatic carbocycles. The molecule has 292 valence electrons. The predicted octanol–water partition coefficient (Wildman–Crippen LogP) is -3.17. The van der Waals surface area contributed by atoms with Crippen LogP contribution in [0.15, 0.2) is 0 Å². The average molecular weight is 1230 g/mol. The van der Waals surface area contributed by atoms with Gasteiger partial charge in [-0.3, -0.25) is 0 Å². The summed E-state index contributed by atoms with van der Waals surface area (Å²) in [6.07, 6.45) is -3.61. The van der Waals surface area contributed by atoms with E-state index in [2.05, 4.69) is 47.4 Å². The van der Waals surface area contributed by atoms with Crippen molar-refractivity contribution in [2.45, 2.75) is 43.0 Å². The van der Waals surface area contributed by atoms with Gasteiger partial charge in [0.05, 0.1) is 104 Å². The quantitative estimate of drug-likeness (QED) is 0.0244. The van der Waals surface area contributed by atoms with Crippen molar-refractivity contribution in [1.29, 1.82) is 0 Å². The van der Waals surface area contributed by atoms with E-state index in [1.807, 2.05) is 0 Å². The maximum Gasteiger partial charge on any atom is 0.101 e. The summed E-state index contributed by atoms with van der Waals surface area (Å²) in [5.41, 5.74) is 0. The molecule has 0 saturated heterocycles. The molecular weight excluding hydrogens is 1170 g/mol. The van der Waals surface area contributed by atoms with E-state index in [4.69, 9.17) is 48.8 Å². The van der Waals surface area contributed by atoms with E-state index in [9.17, 15) is 20.4 Å². The molecule has 0 aliphatic heterocycles. The Morgan fingerprint density at radius 1 is 0.327 bits per heavy atom. The normalized spacial score (nSPS) is 14.4. The fraction of sp³-hybridized carbons (Fsp3) is 0.862. The van der Waals surface area contributed by atoms with Crippen molar-refractivity contribution >= 4 is 0 Å². The number of hydrogen-bond donors (Lipinski definition) is 8. The molecule has 0 aromatic rings. The minimum atomic E-state index is -0.760. The molecule has 0 spiro atoms. The van der Waals surface area contributed by atoms with Crippen LogP contribution in [0.25, 0.3) is 0 Å². The van der Waals surface area contributed by atoms with Crippen molar-refractivity contribution in [3.8, 4) is 0 Å². The summed E-state index contributed by atoms with van der Waals surface area (Å²) in [4.78, 5) is 0. The Morgan fingerprint density at radius 3 is 0.755 bits per heavy atom. The molecule has 18 nitrogen and oxygen atoms in total. The first-order chi connectivity index (χ1) is 22.6. The molecule has 0 aliphatic rings. The third kappa shape index (κ3) is 49.8. The molecule has 0 bridgehead atoms. The van der Waals surface area contributed by atoms with Gasteiger partial charge in [0.15, 0.2) is 0 Å². The Bertz CT molecular complexity index is 533. The number of aliphatic hydroxyl groups excluding tert-OH is 8. The van der Waals surface area contributed by atoms with Gasteiger partial charge in [0.25, 0.3) is 0 Å². The molecule has 0 saturated carbocycles. The van der Waals surface area contributed by atoms with Crippen LogP contribution in [0.2, 0.25) is 0 Å². The average Bonchev–Trinajstić information content (AvgIpc) is 3.02. The number of rotatable bonds is 32. The van der Waals surface area contributed by atoms with Crippen LogP contribution in [0.5, 0.6) is 0 Å². The van der Waals surface area contributed by atoms with Crippen LogP contribution in [0, 0.1) is 28.4 Å². The minimum absolute atomic E-state index is 0. The minimum Gasteiger partial charge on any atom is -0.553 e. The maximum atomic E-state index is 9.26. The van der Waals surface area contributed by atoms with Gasteiger partial charge >= 0.3 is 0 Å². The number of aliphatic hydroxyl groups is 8. The van der Waals surface area contributed by atoms with E-state index in [1.54, 1.807) is 0 Å². The molecule has 6 atom stereocenters. The molecule has 8 N–H and O–H groups in total. The van der Waals surface area contributed by atoms with Crippen LogP contribution in [-0.2, 0) is 47.4 Å². The second-order valence-electron chi connectivity index (χ2n) is 9.58. The monoisotopic (exact) mass is 1230 g/mol. The smallest absolute Gasteiger partial charge is 0.101 e. The number of hydrogen-bond acceptors (Lipinski definition) is 18. The van der Waals surface area contributed by atoms with E-state index in [1.165, 1.54) is 0 Å². The number of ether oxygens (including phenoxy) is 10. The van der Waals surface area contributed by atoms with Crippen LogP contribution in [0.4, 0.5) is 0 Å². The first-order valence-electron chi connectivity index (χ1n) is 14.9. The van der Waals surface area contributed by atoms with E-state index in [0.717, 1.165) is 0 Å². The second kappa shape index (κ2) is 45.3. The summed E-state index contributed by atoms with van der Waals surface area (Å²) in [6, 6.07) is 0. The van der Waals surface area contributed by atoms with Gasteiger partial charge in [-0.05, 0) is 6.42 Å². The van der Waals surface area contributed by atoms with Crippen molar-refractivity contribution in [2.24, 2.45) is 0 Å². The molecule has 0 amide bonds. The molecule has 0 aromatic carbocycles. The molecule has 0 aromatic heterocycles. The summed E-state index contributed by atoms with van der Waals surface area (Å²) in [5, 5.41) is 72.0. The molecule has 20 heteroatoms. The Balaban J connectivity index is -0.000000194. The van der Waals surface area contributed by atoms with Crippen molar-refractivity contribution in [1.82, 2.24) is 0 Å². The first kappa shape index (κ1) is 55.7. The van der Waals surface area contributed by atoms with Gasteiger partial charge in [-0.25, -0.2) is 28.4 Å². The van der Waals surface area contributed by atoms with Gasteiger partial charge in [-0.1, -0.05) is 0 Å². The molecule has 0 fully saturated rings. The van der Waals surface area contributed by atoms with Gasteiger partial charge in [0.1, 0.15) is 12.2 Å². The van der Waals surface area contributed by atoms with Crippen molar-refractivity contribution in [2.75, 3.05) is 119 Å². The van der Waals surface area contributed by atoms with E-state index in [-0.39, 0.29) is 106 Å². The summed E-state index contributed by atoms with van der Waals surface area (Å²) in [6.45, 7) is 2.62. The Morgan fingerprint density at radius 2 is 0.531 bits per heavy atom. The van der Waals surface area contributed by atoms with Gasteiger partial charge in [-0.2, -0.15) is 0 Å². The van der Waals surface area contributed by atoms with Crippen molar-refractivity contribution < 1.29 is 88.2 Å². The molecular formula is C29H60O18Rf2-4. The first-order valence-corrected chi connectivity index (χ1v) is 14.9. The van der Waals surface area contributed by atoms with Gasteiger partial charge < -0.3 is 88.2 Å². The third-order valence-corrected chi connectivity index (χ3v) is 4.77. The van der Waals surface area contributed by atoms with Crippen molar-refractivity contribution in [3.05, 3.63) is 28.4 Å². The van der Waals surface area contributed by atoms with E-state index < -0.39 is 36.6 Å². The SMILES string of the molecule is [CH2-]OCC(O)COCC(O)COCCO.[CH2-]OCC(O)COCC(O)COCCO.[CH2-]OCC(O)COCCCOCC(O)CO[CH2-].[Rf].[Rf]. The van der Waals surface area contributed by atoms with Crippen LogP contribution in [0.3, 0.4) is 0 Å². The van der Waals surface area contributed by atoms with Gasteiger partial charge in [0, 0.05) is 39.6 Å². The Labute approximate surface area is 278 Å². The Kier molecular flexibility index (Phi) is 51.5. The zero-order valence-electron chi connectivity index (χ0n) is 28.8. The fourth-order valence-corrected chi connectivity index (χ4v) is 2.78. The van der Waals surface area contributed by atoms with Crippen LogP contribution >= 0.6 is 0 Å². The molecule has 6 unspecified atom stereocenters. The van der Waals surface area contributed by atoms with Crippen LogP contribution in [0.1, 0.15) is 6.42 Å². The summed E-state index contributed by atoms with van der Waals surface area (Å²) in [7, 11) is 12.5. The standard InChI is InChI=1S/C11H22O6.2C9H19O6.2Rf/c1-14-6-10(12)8-16-4-3-5-17-9-11(13)7-15-2;2*1-13-4-8(11)6-15-7-9(12)5-14-3-2-10;;/h10-13H,1-9H2;2*8-12H,1-7H2;;/q-2;2*-1;;. The topological polar surface area (TPSA) is 254 Å². The second-order valence-corrected chi connectivity index (χ2v) is 9.58. The van der Waals surface area contributed by atoms with E-state index in [0.29, 0.717) is 19.6 Å². The molecule has 49 heavy (non-hydrogen) atoms. The molecule has 0 heterocycles. The van der Waals surface area contributed by atoms with E-state index >= 15 is 0 Å². The summed E-state index contributed by atoms with van der Waals surface area (Å²) < 4.78 is 47.9. The van der Waals surface area contributed by atoms with Crippen molar-refractivity contribution in [3.63, 3.8) is 0 Å².